The topological polar surface area (TPSA) is 53.6 Å². The molecule has 3 rings (SSSR count). The summed E-state index contributed by atoms with van der Waals surface area (Å²) in [6.07, 6.45) is 0. The number of thiocarbonyl (C=S) groups is 1. The van der Waals surface area contributed by atoms with Crippen molar-refractivity contribution in [1.29, 1.82) is 0 Å². The van der Waals surface area contributed by atoms with Crippen molar-refractivity contribution in [2.24, 2.45) is 0 Å². The molecule has 24 heavy (non-hydrogen) atoms. The molecule has 1 aromatic heterocycles. The van der Waals surface area contributed by atoms with Crippen LogP contribution in [0.15, 0.2) is 46.9 Å². The van der Waals surface area contributed by atoms with E-state index in [1.54, 1.807) is 49.6 Å². The van der Waals surface area contributed by atoms with Gasteiger partial charge in [-0.05, 0) is 73.8 Å². The van der Waals surface area contributed by atoms with Gasteiger partial charge in [0.1, 0.15) is 11.5 Å². The normalized spacial score (nSPS) is 10.6. The second-order valence-corrected chi connectivity index (χ2v) is 5.68. The molecule has 0 atom stereocenters. The Balaban J connectivity index is 1.95. The Hall–Kier alpha value is -2.51. The molecule has 0 amide bonds. The van der Waals surface area contributed by atoms with Crippen molar-refractivity contribution in [3.63, 3.8) is 0 Å². The van der Waals surface area contributed by atoms with Crippen LogP contribution in [0.5, 0.6) is 11.5 Å². The maximum Gasteiger partial charge on any atom is 0.277 e. The SMILES string of the molecule is COc1ccc(OC(=S)n2c(=S)oc3cc(C(C)=O)ccc32)cc1. The van der Waals surface area contributed by atoms with Gasteiger partial charge >= 0.3 is 0 Å². The van der Waals surface area contributed by atoms with E-state index in [0.29, 0.717) is 22.4 Å². The van der Waals surface area contributed by atoms with Gasteiger partial charge in [0.15, 0.2) is 11.4 Å². The molecule has 0 fully saturated rings. The number of oxazole rings is 1. The molecule has 0 aliphatic carbocycles. The lowest BCUT2D eigenvalue weighted by atomic mass is 10.1. The lowest BCUT2D eigenvalue weighted by Crippen LogP contribution is -2.16. The Kier molecular flexibility index (Phi) is 4.46. The van der Waals surface area contributed by atoms with Gasteiger partial charge in [0, 0.05) is 5.56 Å². The number of carbonyl (C=O) groups is 1. The summed E-state index contributed by atoms with van der Waals surface area (Å²) >= 11 is 10.6. The van der Waals surface area contributed by atoms with Crippen LogP contribution in [-0.4, -0.2) is 22.6 Å². The second-order valence-electron chi connectivity index (χ2n) is 4.99. The van der Waals surface area contributed by atoms with Crippen LogP contribution in [0.4, 0.5) is 0 Å². The molecule has 3 aromatic rings. The highest BCUT2D eigenvalue weighted by Crippen LogP contribution is 2.22. The van der Waals surface area contributed by atoms with Crippen molar-refractivity contribution < 1.29 is 18.7 Å². The number of nitrogens with zero attached hydrogens (tertiary/aromatic N) is 1. The van der Waals surface area contributed by atoms with E-state index >= 15 is 0 Å². The van der Waals surface area contributed by atoms with Gasteiger partial charge in [-0.2, -0.15) is 0 Å². The van der Waals surface area contributed by atoms with Crippen LogP contribution in [0.25, 0.3) is 11.1 Å². The summed E-state index contributed by atoms with van der Waals surface area (Å²) in [6.45, 7) is 1.49. The number of hydrogen-bond acceptors (Lipinski definition) is 6. The summed E-state index contributed by atoms with van der Waals surface area (Å²) in [4.78, 5) is 11.6. The lowest BCUT2D eigenvalue weighted by molar-refractivity contribution is 0.101. The smallest absolute Gasteiger partial charge is 0.277 e. The number of rotatable bonds is 3. The first-order valence-corrected chi connectivity index (χ1v) is 7.84. The van der Waals surface area contributed by atoms with Crippen LogP contribution < -0.4 is 9.47 Å². The van der Waals surface area contributed by atoms with Gasteiger partial charge in [-0.3, -0.25) is 4.79 Å². The van der Waals surface area contributed by atoms with Gasteiger partial charge in [0.2, 0.25) is 0 Å². The first-order chi connectivity index (χ1) is 11.5. The minimum Gasteiger partial charge on any atom is -0.497 e. The van der Waals surface area contributed by atoms with E-state index in [1.807, 2.05) is 0 Å². The molecule has 5 nitrogen and oxygen atoms in total. The van der Waals surface area contributed by atoms with Crippen LogP contribution in [-0.2, 0) is 0 Å². The fourth-order valence-electron chi connectivity index (χ4n) is 2.20. The zero-order valence-electron chi connectivity index (χ0n) is 12.9. The fourth-order valence-corrected chi connectivity index (χ4v) is 2.81. The molecule has 0 aliphatic heterocycles. The third-order valence-electron chi connectivity index (χ3n) is 3.43. The highest BCUT2D eigenvalue weighted by atomic mass is 32.1. The zero-order chi connectivity index (χ0) is 17.3. The standard InChI is InChI=1S/C17H13NO4S2/c1-10(19)11-3-8-14-15(9-11)22-17(24)18(14)16(23)21-13-6-4-12(20-2)5-7-13/h3-9H,1-2H3. The van der Waals surface area contributed by atoms with Gasteiger partial charge in [0.25, 0.3) is 10.0 Å². The molecule has 2 aromatic carbocycles. The van der Waals surface area contributed by atoms with Crippen molar-refractivity contribution >= 4 is 46.5 Å². The Morgan fingerprint density at radius 1 is 1.12 bits per heavy atom. The van der Waals surface area contributed by atoms with E-state index < -0.39 is 0 Å². The van der Waals surface area contributed by atoms with E-state index in [4.69, 9.17) is 38.3 Å². The molecule has 0 unspecified atom stereocenters. The summed E-state index contributed by atoms with van der Waals surface area (Å²) < 4.78 is 17.8. The Morgan fingerprint density at radius 2 is 1.79 bits per heavy atom. The number of carbonyl (C=O) groups excluding carboxylic acids is 1. The molecular weight excluding hydrogens is 346 g/mol. The van der Waals surface area contributed by atoms with Crippen LogP contribution in [0.2, 0.25) is 0 Å². The van der Waals surface area contributed by atoms with E-state index in [9.17, 15) is 4.79 Å². The molecule has 0 aliphatic rings. The van der Waals surface area contributed by atoms with Crippen LogP contribution >= 0.6 is 24.4 Å². The summed E-state index contributed by atoms with van der Waals surface area (Å²) in [5, 5.41) is 0.138. The van der Waals surface area contributed by atoms with Crippen molar-refractivity contribution in [1.82, 2.24) is 4.57 Å². The quantitative estimate of drug-likeness (QED) is 0.511. The number of methoxy groups -OCH3 is 1. The van der Waals surface area contributed by atoms with Gasteiger partial charge in [-0.1, -0.05) is 0 Å². The molecule has 0 saturated carbocycles. The number of ether oxygens (including phenoxy) is 2. The molecule has 0 saturated heterocycles. The number of ketones is 1. The average Bonchev–Trinajstić information content (AvgIpc) is 2.90. The molecule has 0 N–H and O–H groups in total. The maximum atomic E-state index is 11.5. The first-order valence-electron chi connectivity index (χ1n) is 7.02. The van der Waals surface area contributed by atoms with E-state index in [2.05, 4.69) is 0 Å². The molecule has 0 bridgehead atoms. The van der Waals surface area contributed by atoms with Gasteiger partial charge in [-0.25, -0.2) is 4.57 Å². The average molecular weight is 359 g/mol. The summed E-state index contributed by atoms with van der Waals surface area (Å²) in [7, 11) is 1.59. The third kappa shape index (κ3) is 3.08. The minimum absolute atomic E-state index is 0.0529. The second kappa shape index (κ2) is 6.54. The Bertz CT molecular complexity index is 986. The molecule has 1 heterocycles. The molecule has 7 heteroatoms. The Labute approximate surface area is 148 Å². The van der Waals surface area contributed by atoms with E-state index in [0.717, 1.165) is 5.75 Å². The van der Waals surface area contributed by atoms with Crippen LogP contribution in [0.3, 0.4) is 0 Å². The van der Waals surface area contributed by atoms with Crippen molar-refractivity contribution in [3.05, 3.63) is 52.9 Å². The summed E-state index contributed by atoms with van der Waals surface area (Å²) in [5.41, 5.74) is 1.66. The number of fused-ring (bicyclic) bond motifs is 1. The highest BCUT2D eigenvalue weighted by molar-refractivity contribution is 7.80. The Morgan fingerprint density at radius 3 is 2.42 bits per heavy atom. The van der Waals surface area contributed by atoms with Crippen molar-refractivity contribution in [3.8, 4) is 11.5 Å². The minimum atomic E-state index is -0.0529. The molecule has 122 valence electrons. The number of benzene rings is 2. The summed E-state index contributed by atoms with van der Waals surface area (Å²) in [5.74, 6) is 1.22. The number of hydrogen-bond donors (Lipinski definition) is 0. The predicted molar refractivity (Wildman–Crippen MR) is 96.7 cm³/mol. The monoisotopic (exact) mass is 359 g/mol. The van der Waals surface area contributed by atoms with Crippen molar-refractivity contribution in [2.45, 2.75) is 6.92 Å². The zero-order valence-corrected chi connectivity index (χ0v) is 14.6. The van der Waals surface area contributed by atoms with E-state index in [1.165, 1.54) is 11.5 Å². The fraction of sp³-hybridized carbons (Fsp3) is 0.118. The predicted octanol–water partition coefficient (Wildman–Crippen LogP) is 4.39. The van der Waals surface area contributed by atoms with Crippen LogP contribution in [0, 0.1) is 4.84 Å². The first kappa shape index (κ1) is 16.4. The van der Waals surface area contributed by atoms with Crippen LogP contribution in [0.1, 0.15) is 17.3 Å². The van der Waals surface area contributed by atoms with Gasteiger partial charge in [-0.15, -0.1) is 0 Å². The molecular formula is C17H13NO4S2. The summed E-state index contributed by atoms with van der Waals surface area (Å²) in [6, 6.07) is 12.1. The highest BCUT2D eigenvalue weighted by Gasteiger charge is 2.14. The number of Topliss-reactive ketones (excluding diaryl/α,β-unsaturated/α-hetero) is 1. The van der Waals surface area contributed by atoms with E-state index in [-0.39, 0.29) is 15.8 Å². The lowest BCUT2D eigenvalue weighted by Gasteiger charge is -2.08. The van der Waals surface area contributed by atoms with Gasteiger partial charge < -0.3 is 13.9 Å². The molecule has 0 radical (unpaired) electrons. The maximum absolute atomic E-state index is 11.5. The van der Waals surface area contributed by atoms with Crippen molar-refractivity contribution in [2.75, 3.05) is 7.11 Å². The third-order valence-corrected chi connectivity index (χ3v) is 3.97. The number of aromatic nitrogens is 1. The van der Waals surface area contributed by atoms with Gasteiger partial charge in [0.05, 0.1) is 12.6 Å². The molecule has 0 spiro atoms. The largest absolute Gasteiger partial charge is 0.497 e.